The summed E-state index contributed by atoms with van der Waals surface area (Å²) in [6, 6.07) is 8.69. The van der Waals surface area contributed by atoms with Crippen LogP contribution in [0.1, 0.15) is 42.7 Å². The number of carbonyl (C=O) groups excluding carboxylic acids is 1. The van der Waals surface area contributed by atoms with Crippen LogP contribution in [-0.2, 0) is 11.2 Å². The molecule has 3 heteroatoms. The van der Waals surface area contributed by atoms with E-state index in [0.29, 0.717) is 28.5 Å². The number of hydrogen-bond acceptors (Lipinski definition) is 1. The first kappa shape index (κ1) is 13.8. The van der Waals surface area contributed by atoms with Crippen molar-refractivity contribution in [1.82, 2.24) is 5.32 Å². The van der Waals surface area contributed by atoms with Gasteiger partial charge in [-0.15, -0.1) is 0 Å². The van der Waals surface area contributed by atoms with E-state index in [-0.39, 0.29) is 5.92 Å². The number of benzene rings is 1. The Balaban J connectivity index is 1.39. The SMILES string of the molecule is O=C(NCC1CCCC1Br)C1C2CCc3ccccc3C21. The zero-order chi connectivity index (χ0) is 14.4. The minimum atomic E-state index is 0.240. The van der Waals surface area contributed by atoms with E-state index < -0.39 is 0 Å². The van der Waals surface area contributed by atoms with Crippen molar-refractivity contribution in [2.75, 3.05) is 6.54 Å². The number of alkyl halides is 1. The molecule has 2 saturated carbocycles. The number of hydrogen-bond donors (Lipinski definition) is 1. The molecular formula is C18H22BrNO. The normalized spacial score (nSPS) is 36.7. The van der Waals surface area contributed by atoms with Gasteiger partial charge in [-0.1, -0.05) is 46.6 Å². The number of carbonyl (C=O) groups is 1. The first-order chi connectivity index (χ1) is 10.3. The van der Waals surface area contributed by atoms with Crippen LogP contribution in [0.4, 0.5) is 0 Å². The van der Waals surface area contributed by atoms with Gasteiger partial charge in [0.05, 0.1) is 0 Å². The van der Waals surface area contributed by atoms with E-state index in [4.69, 9.17) is 0 Å². The van der Waals surface area contributed by atoms with Gasteiger partial charge in [-0.2, -0.15) is 0 Å². The first-order valence-electron chi connectivity index (χ1n) is 8.25. The van der Waals surface area contributed by atoms with Gasteiger partial charge in [0.1, 0.15) is 0 Å². The Morgan fingerprint density at radius 2 is 2.10 bits per heavy atom. The van der Waals surface area contributed by atoms with Gasteiger partial charge < -0.3 is 5.32 Å². The molecule has 0 spiro atoms. The van der Waals surface area contributed by atoms with Gasteiger partial charge >= 0.3 is 0 Å². The highest BCUT2D eigenvalue weighted by Gasteiger charge is 2.56. The fourth-order valence-electron chi connectivity index (χ4n) is 4.49. The van der Waals surface area contributed by atoms with Gasteiger partial charge in [-0.3, -0.25) is 4.79 Å². The fourth-order valence-corrected chi connectivity index (χ4v) is 5.27. The van der Waals surface area contributed by atoms with Crippen LogP contribution in [0.3, 0.4) is 0 Å². The van der Waals surface area contributed by atoms with E-state index >= 15 is 0 Å². The molecule has 2 fully saturated rings. The minimum Gasteiger partial charge on any atom is -0.356 e. The van der Waals surface area contributed by atoms with E-state index in [1.165, 1.54) is 36.8 Å². The molecule has 0 saturated heterocycles. The van der Waals surface area contributed by atoms with E-state index in [1.54, 1.807) is 0 Å². The summed E-state index contributed by atoms with van der Waals surface area (Å²) in [6.45, 7) is 0.854. The topological polar surface area (TPSA) is 29.1 Å². The average molecular weight is 348 g/mol. The third kappa shape index (κ3) is 2.44. The summed E-state index contributed by atoms with van der Waals surface area (Å²) in [7, 11) is 0. The molecule has 112 valence electrons. The van der Waals surface area contributed by atoms with Gasteiger partial charge in [0.25, 0.3) is 0 Å². The lowest BCUT2D eigenvalue weighted by Crippen LogP contribution is -2.32. The lowest BCUT2D eigenvalue weighted by molar-refractivity contribution is -0.122. The van der Waals surface area contributed by atoms with Crippen LogP contribution >= 0.6 is 15.9 Å². The summed E-state index contributed by atoms with van der Waals surface area (Å²) < 4.78 is 0. The summed E-state index contributed by atoms with van der Waals surface area (Å²) in [5.74, 6) is 2.26. The predicted molar refractivity (Wildman–Crippen MR) is 87.5 cm³/mol. The molecule has 1 N–H and O–H groups in total. The molecule has 2 nitrogen and oxygen atoms in total. The molecule has 21 heavy (non-hydrogen) atoms. The van der Waals surface area contributed by atoms with Crippen LogP contribution in [0, 0.1) is 17.8 Å². The zero-order valence-corrected chi connectivity index (χ0v) is 13.8. The Morgan fingerprint density at radius 3 is 2.90 bits per heavy atom. The van der Waals surface area contributed by atoms with Crippen LogP contribution in [0.25, 0.3) is 0 Å². The standard InChI is InChI=1S/C18H22BrNO/c19-15-7-3-5-12(15)10-20-18(21)17-14-9-8-11-4-1-2-6-13(11)16(14)17/h1-2,4,6,12,14-17H,3,5,7-10H2,(H,20,21). The summed E-state index contributed by atoms with van der Waals surface area (Å²) in [6.07, 6.45) is 6.12. The second kappa shape index (κ2) is 5.42. The van der Waals surface area contributed by atoms with Crippen molar-refractivity contribution in [2.24, 2.45) is 17.8 Å². The largest absolute Gasteiger partial charge is 0.356 e. The van der Waals surface area contributed by atoms with Crippen LogP contribution in [0.15, 0.2) is 24.3 Å². The van der Waals surface area contributed by atoms with E-state index in [2.05, 4.69) is 45.5 Å². The van der Waals surface area contributed by atoms with Crippen molar-refractivity contribution in [2.45, 2.75) is 42.8 Å². The number of halogens is 1. The van der Waals surface area contributed by atoms with Crippen molar-refractivity contribution >= 4 is 21.8 Å². The highest BCUT2D eigenvalue weighted by Crippen LogP contribution is 2.59. The van der Waals surface area contributed by atoms with E-state index in [0.717, 1.165) is 13.0 Å². The molecule has 1 aromatic carbocycles. The Kier molecular flexibility index (Phi) is 3.56. The minimum absolute atomic E-state index is 0.240. The zero-order valence-electron chi connectivity index (χ0n) is 12.2. The molecule has 3 aliphatic carbocycles. The molecular weight excluding hydrogens is 326 g/mol. The maximum atomic E-state index is 12.5. The van der Waals surface area contributed by atoms with Gasteiger partial charge in [-0.25, -0.2) is 0 Å². The quantitative estimate of drug-likeness (QED) is 0.831. The average Bonchev–Trinajstić information content (AvgIpc) is 3.12. The maximum absolute atomic E-state index is 12.5. The van der Waals surface area contributed by atoms with Crippen molar-refractivity contribution in [3.8, 4) is 0 Å². The molecule has 0 aliphatic heterocycles. The fraction of sp³-hybridized carbons (Fsp3) is 0.611. The molecule has 1 amide bonds. The molecule has 3 aliphatic rings. The van der Waals surface area contributed by atoms with Crippen molar-refractivity contribution in [3.63, 3.8) is 0 Å². The van der Waals surface area contributed by atoms with Gasteiger partial charge in [-0.05, 0) is 54.6 Å². The van der Waals surface area contributed by atoms with Crippen molar-refractivity contribution in [1.29, 1.82) is 0 Å². The van der Waals surface area contributed by atoms with Crippen LogP contribution < -0.4 is 5.32 Å². The second-order valence-electron chi connectivity index (χ2n) is 6.91. The molecule has 0 radical (unpaired) electrons. The number of aryl methyl sites for hydroxylation is 1. The highest BCUT2D eigenvalue weighted by atomic mass is 79.9. The lowest BCUT2D eigenvalue weighted by Gasteiger charge is -2.14. The monoisotopic (exact) mass is 347 g/mol. The van der Waals surface area contributed by atoms with Gasteiger partial charge in [0.15, 0.2) is 0 Å². The number of amides is 1. The Bertz CT molecular complexity index is 558. The third-order valence-electron chi connectivity index (χ3n) is 5.74. The van der Waals surface area contributed by atoms with Gasteiger partial charge in [0.2, 0.25) is 5.91 Å². The van der Waals surface area contributed by atoms with E-state index in [9.17, 15) is 4.79 Å². The molecule has 5 unspecified atom stereocenters. The summed E-state index contributed by atoms with van der Waals surface area (Å²) >= 11 is 3.74. The molecule has 0 aromatic heterocycles. The first-order valence-corrected chi connectivity index (χ1v) is 9.17. The van der Waals surface area contributed by atoms with Crippen LogP contribution in [0.5, 0.6) is 0 Å². The second-order valence-corrected chi connectivity index (χ2v) is 8.08. The summed E-state index contributed by atoms with van der Waals surface area (Å²) in [5.41, 5.74) is 2.90. The molecule has 0 bridgehead atoms. The van der Waals surface area contributed by atoms with Crippen molar-refractivity contribution < 1.29 is 4.79 Å². The number of nitrogens with one attached hydrogen (secondary N) is 1. The summed E-state index contributed by atoms with van der Waals surface area (Å²) in [4.78, 5) is 13.1. The smallest absolute Gasteiger partial charge is 0.224 e. The Morgan fingerprint density at radius 1 is 1.24 bits per heavy atom. The lowest BCUT2D eigenvalue weighted by atomic mass is 9.92. The van der Waals surface area contributed by atoms with Crippen LogP contribution in [0.2, 0.25) is 0 Å². The molecule has 0 heterocycles. The van der Waals surface area contributed by atoms with Crippen molar-refractivity contribution in [3.05, 3.63) is 35.4 Å². The Labute approximate surface area is 134 Å². The Hall–Kier alpha value is -0.830. The summed E-state index contributed by atoms with van der Waals surface area (Å²) in [5, 5.41) is 3.24. The highest BCUT2D eigenvalue weighted by molar-refractivity contribution is 9.09. The molecule has 5 atom stereocenters. The maximum Gasteiger partial charge on any atom is 0.224 e. The predicted octanol–water partition coefficient (Wildman–Crippen LogP) is 3.64. The molecule has 4 rings (SSSR count). The van der Waals surface area contributed by atoms with Crippen LogP contribution in [-0.4, -0.2) is 17.3 Å². The molecule has 1 aromatic rings. The number of rotatable bonds is 3. The van der Waals surface area contributed by atoms with Gasteiger partial charge in [0, 0.05) is 17.3 Å². The van der Waals surface area contributed by atoms with E-state index in [1.807, 2.05) is 0 Å². The number of fused-ring (bicyclic) bond motifs is 3. The third-order valence-corrected chi connectivity index (χ3v) is 6.94.